The Kier molecular flexibility index (Phi) is 5.07. The highest BCUT2D eigenvalue weighted by Crippen LogP contribution is 2.61. The Morgan fingerprint density at radius 2 is 1.68 bits per heavy atom. The van der Waals surface area contributed by atoms with Crippen LogP contribution in [0.3, 0.4) is 0 Å². The second-order valence-electron chi connectivity index (χ2n) is 11.9. The predicted octanol–water partition coefficient (Wildman–Crippen LogP) is 6.59. The minimum Gasteiger partial charge on any atom is -0.389 e. The van der Waals surface area contributed by atoms with Crippen LogP contribution in [0.1, 0.15) is 88.9 Å². The Morgan fingerprint density at radius 3 is 2.26 bits per heavy atom. The van der Waals surface area contributed by atoms with Crippen molar-refractivity contribution in [3.8, 4) is 0 Å². The number of rotatable bonds is 2. The molecular weight excluding hydrogens is 439 g/mol. The van der Waals surface area contributed by atoms with Crippen molar-refractivity contribution < 1.29 is 23.0 Å². The lowest BCUT2D eigenvalue weighted by Crippen LogP contribution is -2.50. The lowest BCUT2D eigenvalue weighted by atomic mass is 9.65. The first-order valence-corrected chi connectivity index (χ1v) is 12.9. The van der Waals surface area contributed by atoms with Crippen molar-refractivity contribution in [2.24, 2.45) is 11.3 Å². The lowest BCUT2D eigenvalue weighted by molar-refractivity contribution is -0.137. The Labute approximate surface area is 199 Å². The summed E-state index contributed by atoms with van der Waals surface area (Å²) in [5.74, 6) is 0.436. The molecule has 1 aromatic rings. The van der Waals surface area contributed by atoms with E-state index < -0.39 is 29.5 Å². The van der Waals surface area contributed by atoms with Crippen LogP contribution in [0.4, 0.5) is 13.2 Å². The van der Waals surface area contributed by atoms with Crippen molar-refractivity contribution in [1.82, 2.24) is 5.32 Å². The first kappa shape index (κ1) is 22.7. The zero-order valence-electron chi connectivity index (χ0n) is 20.0. The molecule has 3 nitrogen and oxygen atoms in total. The minimum absolute atomic E-state index is 0.0402. The molecule has 2 unspecified atom stereocenters. The highest BCUT2D eigenvalue weighted by Gasteiger charge is 2.56. The number of allylic oxidation sites excluding steroid dienone is 1. The molecular formula is C28H34F3NO2. The van der Waals surface area contributed by atoms with E-state index in [0.29, 0.717) is 5.92 Å². The molecule has 184 valence electrons. The monoisotopic (exact) mass is 473 g/mol. The second kappa shape index (κ2) is 7.60. The fourth-order valence-corrected chi connectivity index (χ4v) is 7.19. The first-order valence-electron chi connectivity index (χ1n) is 12.9. The molecule has 1 spiro atoms. The third kappa shape index (κ3) is 3.47. The number of nitrogens with one attached hydrogen (secondary N) is 1. The normalized spacial score (nSPS) is 32.5. The molecule has 1 aromatic carbocycles. The molecule has 5 aliphatic rings. The molecule has 3 saturated carbocycles. The standard InChI is InChI=1S/C28H34F3NO2/c1-26(2)14-19-21(20(33)15-26)23-22(24(32-19)16-6-5-7-16)25(34-27(23)12-3-4-13-27)17-8-10-18(11-9-17)28(29,30)31/h8-11,16,19-20,25,32-33H,3-7,12-15H2,1-2H3/t19?,20?,25-/m1/s1. The van der Waals surface area contributed by atoms with Crippen molar-refractivity contribution in [2.45, 2.75) is 102 Å². The van der Waals surface area contributed by atoms with Gasteiger partial charge in [0.25, 0.3) is 0 Å². The van der Waals surface area contributed by atoms with Crippen LogP contribution in [-0.4, -0.2) is 22.9 Å². The number of halogens is 3. The Hall–Kier alpha value is -1.79. The van der Waals surface area contributed by atoms with Crippen LogP contribution < -0.4 is 5.32 Å². The zero-order chi connectivity index (χ0) is 23.9. The molecule has 2 N–H and O–H groups in total. The van der Waals surface area contributed by atoms with Crippen LogP contribution in [0.15, 0.2) is 46.7 Å². The number of aliphatic hydroxyl groups excluding tert-OH is 1. The summed E-state index contributed by atoms with van der Waals surface area (Å²) < 4.78 is 46.6. The molecule has 0 aromatic heterocycles. The fourth-order valence-electron chi connectivity index (χ4n) is 7.19. The largest absolute Gasteiger partial charge is 0.416 e. The van der Waals surface area contributed by atoms with Gasteiger partial charge in [-0.2, -0.15) is 13.2 Å². The van der Waals surface area contributed by atoms with Crippen LogP contribution in [-0.2, 0) is 10.9 Å². The highest BCUT2D eigenvalue weighted by molar-refractivity contribution is 5.59. The van der Waals surface area contributed by atoms with Crippen molar-refractivity contribution in [1.29, 1.82) is 0 Å². The van der Waals surface area contributed by atoms with Crippen LogP contribution >= 0.6 is 0 Å². The maximum Gasteiger partial charge on any atom is 0.416 e. The van der Waals surface area contributed by atoms with E-state index >= 15 is 0 Å². The molecule has 0 amide bonds. The molecule has 1 saturated heterocycles. The number of dihydropyridines is 1. The van der Waals surface area contributed by atoms with Gasteiger partial charge in [-0.1, -0.05) is 45.2 Å². The zero-order valence-corrected chi connectivity index (χ0v) is 20.0. The van der Waals surface area contributed by atoms with Gasteiger partial charge in [-0.15, -0.1) is 0 Å². The average Bonchev–Trinajstić information content (AvgIpc) is 3.31. The number of fused-ring (bicyclic) bond motifs is 3. The molecule has 3 aliphatic carbocycles. The summed E-state index contributed by atoms with van der Waals surface area (Å²) in [6.45, 7) is 4.45. The summed E-state index contributed by atoms with van der Waals surface area (Å²) in [7, 11) is 0. The summed E-state index contributed by atoms with van der Waals surface area (Å²) in [5.41, 5.74) is 4.38. The maximum absolute atomic E-state index is 13.2. The fraction of sp³-hybridized carbons (Fsp3) is 0.643. The lowest BCUT2D eigenvalue weighted by Gasteiger charge is -2.47. The van der Waals surface area contributed by atoms with Crippen LogP contribution in [0.5, 0.6) is 0 Å². The third-order valence-electron chi connectivity index (χ3n) is 8.94. The number of benzene rings is 1. The Balaban J connectivity index is 1.52. The number of ether oxygens (including phenoxy) is 1. The van der Waals surface area contributed by atoms with Gasteiger partial charge < -0.3 is 15.2 Å². The molecule has 0 bridgehead atoms. The number of alkyl halides is 3. The second-order valence-corrected chi connectivity index (χ2v) is 11.9. The average molecular weight is 474 g/mol. The van der Waals surface area contributed by atoms with Gasteiger partial charge in [-0.05, 0) is 78.7 Å². The van der Waals surface area contributed by atoms with E-state index in [1.54, 1.807) is 12.1 Å². The summed E-state index contributed by atoms with van der Waals surface area (Å²) in [6.07, 6.45) is 3.82. The van der Waals surface area contributed by atoms with Gasteiger partial charge in [0.2, 0.25) is 0 Å². The molecule has 0 radical (unpaired) electrons. The molecule has 4 fully saturated rings. The van der Waals surface area contributed by atoms with Crippen LogP contribution in [0.2, 0.25) is 0 Å². The van der Waals surface area contributed by atoms with Crippen molar-refractivity contribution in [3.63, 3.8) is 0 Å². The molecule has 2 heterocycles. The van der Waals surface area contributed by atoms with Gasteiger partial charge in [-0.25, -0.2) is 0 Å². The molecule has 3 atom stereocenters. The highest BCUT2D eigenvalue weighted by atomic mass is 19.4. The van der Waals surface area contributed by atoms with E-state index in [2.05, 4.69) is 19.2 Å². The maximum atomic E-state index is 13.2. The van der Waals surface area contributed by atoms with E-state index in [1.807, 2.05) is 0 Å². The van der Waals surface area contributed by atoms with Gasteiger partial charge in [0.15, 0.2) is 0 Å². The number of hydrogen-bond donors (Lipinski definition) is 2. The van der Waals surface area contributed by atoms with Gasteiger partial charge in [0.05, 0.1) is 23.3 Å². The quantitative estimate of drug-likeness (QED) is 0.509. The topological polar surface area (TPSA) is 41.5 Å². The van der Waals surface area contributed by atoms with Crippen LogP contribution in [0.25, 0.3) is 0 Å². The van der Waals surface area contributed by atoms with Crippen LogP contribution in [0, 0.1) is 11.3 Å². The van der Waals surface area contributed by atoms with E-state index in [1.165, 1.54) is 29.8 Å². The van der Waals surface area contributed by atoms with Gasteiger partial charge in [-0.3, -0.25) is 0 Å². The molecule has 2 aliphatic heterocycles. The summed E-state index contributed by atoms with van der Waals surface area (Å²) in [6, 6.07) is 5.61. The van der Waals surface area contributed by atoms with E-state index in [0.717, 1.165) is 68.1 Å². The number of aliphatic hydroxyl groups is 1. The van der Waals surface area contributed by atoms with Crippen molar-refractivity contribution in [3.05, 3.63) is 57.8 Å². The SMILES string of the molecule is CC1(C)CC(O)C2=C3C(=C(C4CCC4)NC2C1)[C@@H](c1ccc(C(F)(F)F)cc1)OC31CCCC1. The van der Waals surface area contributed by atoms with E-state index in [9.17, 15) is 18.3 Å². The van der Waals surface area contributed by atoms with E-state index in [4.69, 9.17) is 4.74 Å². The molecule has 6 heteroatoms. The molecule has 34 heavy (non-hydrogen) atoms. The Morgan fingerprint density at radius 1 is 1.00 bits per heavy atom. The smallest absolute Gasteiger partial charge is 0.389 e. The summed E-state index contributed by atoms with van der Waals surface area (Å²) >= 11 is 0. The first-order chi connectivity index (χ1) is 16.1. The van der Waals surface area contributed by atoms with Crippen molar-refractivity contribution in [2.75, 3.05) is 0 Å². The van der Waals surface area contributed by atoms with Crippen molar-refractivity contribution >= 4 is 0 Å². The predicted molar refractivity (Wildman–Crippen MR) is 124 cm³/mol. The summed E-state index contributed by atoms with van der Waals surface area (Å²) in [4.78, 5) is 0. The van der Waals surface area contributed by atoms with Gasteiger partial charge in [0.1, 0.15) is 6.10 Å². The van der Waals surface area contributed by atoms with Gasteiger partial charge in [0, 0.05) is 11.3 Å². The summed E-state index contributed by atoms with van der Waals surface area (Å²) in [5, 5.41) is 15.3. The number of hydrogen-bond acceptors (Lipinski definition) is 3. The third-order valence-corrected chi connectivity index (χ3v) is 8.94. The minimum atomic E-state index is -4.36. The van der Waals surface area contributed by atoms with Gasteiger partial charge >= 0.3 is 6.18 Å². The Bertz CT molecular complexity index is 1040. The molecule has 6 rings (SSSR count). The van der Waals surface area contributed by atoms with E-state index in [-0.39, 0.29) is 11.5 Å².